The Labute approximate surface area is 149 Å². The Bertz CT molecular complexity index is 439. The standard InChI is InChI=1S/C22H38N2/c1-2-3-4-5-6-7-8-9-10-11-12-13-14-17-20-18-15-16-19-21(20)22(23)24/h15-16,18-19H,2-14,17H2,1H3,(H3,23,24). The Morgan fingerprint density at radius 1 is 0.750 bits per heavy atom. The average Bonchev–Trinajstić information content (AvgIpc) is 2.59. The van der Waals surface area contributed by atoms with Crippen LogP contribution in [0.1, 0.15) is 102 Å². The molecule has 1 aromatic rings. The number of nitrogens with one attached hydrogen (secondary N) is 1. The van der Waals surface area contributed by atoms with E-state index in [0.717, 1.165) is 12.0 Å². The quantitative estimate of drug-likeness (QED) is 0.212. The minimum atomic E-state index is 0.195. The van der Waals surface area contributed by atoms with Gasteiger partial charge in [-0.25, -0.2) is 0 Å². The zero-order valence-electron chi connectivity index (χ0n) is 15.8. The second-order valence-electron chi connectivity index (χ2n) is 7.06. The molecule has 0 fully saturated rings. The lowest BCUT2D eigenvalue weighted by atomic mass is 9.99. The Morgan fingerprint density at radius 3 is 1.71 bits per heavy atom. The molecule has 0 atom stereocenters. The molecule has 0 aliphatic rings. The molecule has 0 radical (unpaired) electrons. The minimum absolute atomic E-state index is 0.195. The van der Waals surface area contributed by atoms with Crippen molar-refractivity contribution in [1.82, 2.24) is 0 Å². The molecule has 0 bridgehead atoms. The predicted molar refractivity (Wildman–Crippen MR) is 107 cm³/mol. The van der Waals surface area contributed by atoms with E-state index in [0.29, 0.717) is 0 Å². The van der Waals surface area contributed by atoms with Gasteiger partial charge in [0.1, 0.15) is 5.84 Å². The molecule has 0 saturated heterocycles. The third kappa shape index (κ3) is 9.75. The molecule has 0 amide bonds. The fourth-order valence-corrected chi connectivity index (χ4v) is 3.33. The Balaban J connectivity index is 1.93. The van der Waals surface area contributed by atoms with Crippen LogP contribution in [0, 0.1) is 5.41 Å². The first kappa shape index (κ1) is 20.7. The fourth-order valence-electron chi connectivity index (χ4n) is 3.33. The second-order valence-corrected chi connectivity index (χ2v) is 7.06. The highest BCUT2D eigenvalue weighted by Crippen LogP contribution is 2.15. The van der Waals surface area contributed by atoms with E-state index in [2.05, 4.69) is 13.0 Å². The molecule has 1 rings (SSSR count). The number of nitrogens with two attached hydrogens (primary N) is 1. The number of hydrogen-bond acceptors (Lipinski definition) is 1. The van der Waals surface area contributed by atoms with Gasteiger partial charge in [0.2, 0.25) is 0 Å². The molecule has 1 aromatic carbocycles. The Hall–Kier alpha value is -1.31. The van der Waals surface area contributed by atoms with E-state index in [9.17, 15) is 0 Å². The van der Waals surface area contributed by atoms with Crippen LogP contribution in [0.25, 0.3) is 0 Å². The predicted octanol–water partition coefficient (Wildman–Crippen LogP) is 6.60. The van der Waals surface area contributed by atoms with E-state index < -0.39 is 0 Å². The van der Waals surface area contributed by atoms with Crippen LogP contribution in [0.4, 0.5) is 0 Å². The molecule has 0 unspecified atom stereocenters. The highest BCUT2D eigenvalue weighted by molar-refractivity contribution is 5.96. The highest BCUT2D eigenvalue weighted by atomic mass is 14.7. The molecule has 0 aromatic heterocycles. The lowest BCUT2D eigenvalue weighted by molar-refractivity contribution is 0.539. The molecule has 0 aliphatic heterocycles. The van der Waals surface area contributed by atoms with E-state index in [1.54, 1.807) is 0 Å². The highest BCUT2D eigenvalue weighted by Gasteiger charge is 2.03. The largest absolute Gasteiger partial charge is 0.384 e. The van der Waals surface area contributed by atoms with Gasteiger partial charge in [-0.05, 0) is 18.4 Å². The van der Waals surface area contributed by atoms with Gasteiger partial charge in [-0.2, -0.15) is 0 Å². The Kier molecular flexibility index (Phi) is 12.2. The van der Waals surface area contributed by atoms with Gasteiger partial charge in [-0.1, -0.05) is 108 Å². The maximum atomic E-state index is 7.63. The van der Waals surface area contributed by atoms with Gasteiger partial charge >= 0.3 is 0 Å². The van der Waals surface area contributed by atoms with E-state index in [4.69, 9.17) is 11.1 Å². The van der Waals surface area contributed by atoms with Crippen molar-refractivity contribution in [3.63, 3.8) is 0 Å². The molecule has 0 spiro atoms. The molecule has 3 N–H and O–H groups in total. The zero-order valence-corrected chi connectivity index (χ0v) is 15.8. The van der Waals surface area contributed by atoms with Gasteiger partial charge in [-0.3, -0.25) is 5.41 Å². The fraction of sp³-hybridized carbons (Fsp3) is 0.682. The van der Waals surface area contributed by atoms with Crippen LogP contribution >= 0.6 is 0 Å². The van der Waals surface area contributed by atoms with E-state index in [1.165, 1.54) is 89.0 Å². The summed E-state index contributed by atoms with van der Waals surface area (Å²) in [7, 11) is 0. The molecule has 24 heavy (non-hydrogen) atoms. The number of hydrogen-bond donors (Lipinski definition) is 2. The van der Waals surface area contributed by atoms with Crippen molar-refractivity contribution in [2.45, 2.75) is 96.8 Å². The van der Waals surface area contributed by atoms with Crippen molar-refractivity contribution < 1.29 is 0 Å². The smallest absolute Gasteiger partial charge is 0.123 e. The summed E-state index contributed by atoms with van der Waals surface area (Å²) in [6, 6.07) is 8.07. The number of rotatable bonds is 15. The number of unbranched alkanes of at least 4 members (excludes halogenated alkanes) is 12. The van der Waals surface area contributed by atoms with Gasteiger partial charge in [0.25, 0.3) is 0 Å². The van der Waals surface area contributed by atoms with Crippen LogP contribution in [0.15, 0.2) is 24.3 Å². The molecule has 2 heteroatoms. The zero-order chi connectivity index (χ0) is 17.5. The number of nitrogen functional groups attached to an aromatic ring is 1. The van der Waals surface area contributed by atoms with Crippen molar-refractivity contribution in [3.05, 3.63) is 35.4 Å². The molecule has 136 valence electrons. The van der Waals surface area contributed by atoms with E-state index in [1.807, 2.05) is 18.2 Å². The summed E-state index contributed by atoms with van der Waals surface area (Å²) in [5, 5.41) is 7.63. The summed E-state index contributed by atoms with van der Waals surface area (Å²) in [4.78, 5) is 0. The summed E-state index contributed by atoms with van der Waals surface area (Å²) < 4.78 is 0. The van der Waals surface area contributed by atoms with Crippen LogP contribution < -0.4 is 5.73 Å². The van der Waals surface area contributed by atoms with Crippen LogP contribution in [-0.4, -0.2) is 5.84 Å². The summed E-state index contributed by atoms with van der Waals surface area (Å²) in [6.07, 6.45) is 19.0. The number of benzene rings is 1. The van der Waals surface area contributed by atoms with Crippen LogP contribution in [-0.2, 0) is 6.42 Å². The lowest BCUT2D eigenvalue weighted by Crippen LogP contribution is -2.13. The summed E-state index contributed by atoms with van der Waals surface area (Å²) in [6.45, 7) is 2.28. The van der Waals surface area contributed by atoms with Crippen molar-refractivity contribution in [3.8, 4) is 0 Å². The normalized spacial score (nSPS) is 10.9. The van der Waals surface area contributed by atoms with Gasteiger partial charge < -0.3 is 5.73 Å². The van der Waals surface area contributed by atoms with Gasteiger partial charge in [-0.15, -0.1) is 0 Å². The third-order valence-electron chi connectivity index (χ3n) is 4.86. The van der Waals surface area contributed by atoms with Crippen molar-refractivity contribution in [1.29, 1.82) is 5.41 Å². The summed E-state index contributed by atoms with van der Waals surface area (Å²) >= 11 is 0. The second kappa shape index (κ2) is 14.1. The van der Waals surface area contributed by atoms with E-state index in [-0.39, 0.29) is 5.84 Å². The minimum Gasteiger partial charge on any atom is -0.384 e. The van der Waals surface area contributed by atoms with Crippen molar-refractivity contribution >= 4 is 5.84 Å². The summed E-state index contributed by atoms with van der Waals surface area (Å²) in [5.41, 5.74) is 7.78. The van der Waals surface area contributed by atoms with Gasteiger partial charge in [0.05, 0.1) is 0 Å². The Morgan fingerprint density at radius 2 is 1.21 bits per heavy atom. The van der Waals surface area contributed by atoms with Crippen molar-refractivity contribution in [2.75, 3.05) is 0 Å². The first-order chi connectivity index (χ1) is 11.8. The number of amidine groups is 1. The van der Waals surface area contributed by atoms with Crippen molar-refractivity contribution in [2.24, 2.45) is 5.73 Å². The van der Waals surface area contributed by atoms with Gasteiger partial charge in [0, 0.05) is 5.56 Å². The average molecular weight is 331 g/mol. The monoisotopic (exact) mass is 330 g/mol. The molecule has 2 nitrogen and oxygen atoms in total. The topological polar surface area (TPSA) is 49.9 Å². The molecular formula is C22H38N2. The first-order valence-electron chi connectivity index (χ1n) is 10.2. The van der Waals surface area contributed by atoms with Gasteiger partial charge in [0.15, 0.2) is 0 Å². The summed E-state index contributed by atoms with van der Waals surface area (Å²) in [5.74, 6) is 0.195. The molecule has 0 saturated carbocycles. The molecule has 0 heterocycles. The van der Waals surface area contributed by atoms with Crippen LogP contribution in [0.5, 0.6) is 0 Å². The lowest BCUT2D eigenvalue weighted by Gasteiger charge is -2.08. The van der Waals surface area contributed by atoms with Crippen LogP contribution in [0.3, 0.4) is 0 Å². The molecular weight excluding hydrogens is 292 g/mol. The van der Waals surface area contributed by atoms with E-state index >= 15 is 0 Å². The number of aryl methyl sites for hydroxylation is 1. The third-order valence-corrected chi connectivity index (χ3v) is 4.86. The maximum Gasteiger partial charge on any atom is 0.123 e. The maximum absolute atomic E-state index is 7.63. The molecule has 0 aliphatic carbocycles. The van der Waals surface area contributed by atoms with Crippen LogP contribution in [0.2, 0.25) is 0 Å². The first-order valence-corrected chi connectivity index (χ1v) is 10.2. The SMILES string of the molecule is CCCCCCCCCCCCCCCc1ccccc1C(=N)N.